The SMILES string of the molecule is NS(=O)(=O)c1cccc(NC(=O)c2cc3c(nc2N2CCCC(F)(F)CC2)CC[C@@H]3C(F)(F)F)c1. The van der Waals surface area contributed by atoms with E-state index in [0.29, 0.717) is 0 Å². The highest BCUT2D eigenvalue weighted by Crippen LogP contribution is 2.45. The predicted octanol–water partition coefficient (Wildman–Crippen LogP) is 4.20. The molecule has 4 rings (SSSR count). The number of aromatic nitrogens is 1. The van der Waals surface area contributed by atoms with Crippen molar-refractivity contribution >= 4 is 27.4 Å². The number of pyridine rings is 1. The molecule has 190 valence electrons. The summed E-state index contributed by atoms with van der Waals surface area (Å²) in [5, 5.41) is 7.59. The third kappa shape index (κ3) is 5.56. The summed E-state index contributed by atoms with van der Waals surface area (Å²) < 4.78 is 91.8. The number of anilines is 2. The van der Waals surface area contributed by atoms with E-state index in [2.05, 4.69) is 10.3 Å². The smallest absolute Gasteiger partial charge is 0.356 e. The summed E-state index contributed by atoms with van der Waals surface area (Å²) in [4.78, 5) is 18.8. The Balaban J connectivity index is 1.74. The van der Waals surface area contributed by atoms with Gasteiger partial charge in [0, 0.05) is 37.3 Å². The molecule has 1 aliphatic carbocycles. The quantitative estimate of drug-likeness (QED) is 0.591. The second-order valence-corrected chi connectivity index (χ2v) is 10.3. The van der Waals surface area contributed by atoms with Gasteiger partial charge < -0.3 is 10.2 Å². The first kappa shape index (κ1) is 25.3. The van der Waals surface area contributed by atoms with Gasteiger partial charge in [0.05, 0.1) is 16.4 Å². The molecule has 3 N–H and O–H groups in total. The molecule has 1 atom stereocenters. The molecule has 1 aliphatic heterocycles. The number of hydrogen-bond donors (Lipinski definition) is 2. The Kier molecular flexibility index (Phi) is 6.51. The highest BCUT2D eigenvalue weighted by molar-refractivity contribution is 7.89. The molecule has 1 aromatic heterocycles. The van der Waals surface area contributed by atoms with E-state index in [1.807, 2.05) is 0 Å². The number of fused-ring (bicyclic) bond motifs is 1. The molecule has 0 saturated carbocycles. The van der Waals surface area contributed by atoms with Gasteiger partial charge in [-0.25, -0.2) is 27.3 Å². The first-order valence-electron chi connectivity index (χ1n) is 10.9. The molecule has 0 spiro atoms. The zero-order valence-electron chi connectivity index (χ0n) is 18.4. The molecule has 2 aromatic rings. The van der Waals surface area contributed by atoms with Crippen LogP contribution in [0.1, 0.15) is 53.2 Å². The van der Waals surface area contributed by atoms with Gasteiger partial charge in [-0.15, -0.1) is 0 Å². The standard InChI is InChI=1S/C22H23F5N4O3S/c23-21(24)7-2-9-31(10-8-21)19-16(12-15-17(22(25,26)27)5-6-18(15)30-19)20(32)29-13-3-1-4-14(11-13)35(28,33)34/h1,3-4,11-12,17H,2,5-10H2,(H,29,32)(H2,28,33,34)/t17-/m0/s1. The first-order chi connectivity index (χ1) is 16.2. The molecule has 0 bridgehead atoms. The number of nitrogens with two attached hydrogens (primary N) is 1. The molecule has 2 heterocycles. The first-order valence-corrected chi connectivity index (χ1v) is 12.5. The topological polar surface area (TPSA) is 105 Å². The minimum atomic E-state index is -4.53. The van der Waals surface area contributed by atoms with Crippen LogP contribution >= 0.6 is 0 Å². The van der Waals surface area contributed by atoms with Gasteiger partial charge >= 0.3 is 6.18 Å². The molecule has 1 saturated heterocycles. The number of amides is 1. The van der Waals surface area contributed by atoms with Crippen LogP contribution in [0.5, 0.6) is 0 Å². The fourth-order valence-corrected chi connectivity index (χ4v) is 5.03. The van der Waals surface area contributed by atoms with E-state index >= 15 is 0 Å². The van der Waals surface area contributed by atoms with Gasteiger partial charge in [-0.2, -0.15) is 13.2 Å². The highest BCUT2D eigenvalue weighted by Gasteiger charge is 2.45. The Hall–Kier alpha value is -2.80. The van der Waals surface area contributed by atoms with Crippen LogP contribution in [0.15, 0.2) is 35.2 Å². The molecule has 1 fully saturated rings. The highest BCUT2D eigenvalue weighted by atomic mass is 32.2. The van der Waals surface area contributed by atoms with Crippen LogP contribution in [-0.2, 0) is 16.4 Å². The Morgan fingerprint density at radius 3 is 2.60 bits per heavy atom. The van der Waals surface area contributed by atoms with Crippen molar-refractivity contribution in [3.63, 3.8) is 0 Å². The number of nitrogens with zero attached hydrogens (tertiary/aromatic N) is 2. The molecular formula is C22H23F5N4O3S. The lowest BCUT2D eigenvalue weighted by Gasteiger charge is -2.25. The number of halogens is 5. The average Bonchev–Trinajstić information content (AvgIpc) is 3.09. The van der Waals surface area contributed by atoms with Crippen molar-refractivity contribution < 1.29 is 35.2 Å². The summed E-state index contributed by atoms with van der Waals surface area (Å²) in [6.07, 6.45) is -5.40. The summed E-state index contributed by atoms with van der Waals surface area (Å²) in [6, 6.07) is 6.19. The lowest BCUT2D eigenvalue weighted by Crippen LogP contribution is -2.30. The second-order valence-electron chi connectivity index (χ2n) is 8.75. The van der Waals surface area contributed by atoms with Gasteiger partial charge in [-0.3, -0.25) is 4.79 Å². The molecule has 0 unspecified atom stereocenters. The van der Waals surface area contributed by atoms with Gasteiger partial charge in [0.1, 0.15) is 5.82 Å². The molecule has 2 aliphatic rings. The zero-order valence-corrected chi connectivity index (χ0v) is 19.2. The fourth-order valence-electron chi connectivity index (χ4n) is 4.47. The summed E-state index contributed by atoms with van der Waals surface area (Å²) in [7, 11) is -4.07. The Morgan fingerprint density at radius 1 is 1.17 bits per heavy atom. The molecule has 1 amide bonds. The Bertz CT molecular complexity index is 1250. The van der Waals surface area contributed by atoms with Gasteiger partial charge in [0.15, 0.2) is 0 Å². The van der Waals surface area contributed by atoms with Crippen molar-refractivity contribution in [1.82, 2.24) is 4.98 Å². The molecular weight excluding hydrogens is 495 g/mol. The van der Waals surface area contributed by atoms with Crippen LogP contribution in [0.3, 0.4) is 0 Å². The number of benzene rings is 1. The van der Waals surface area contributed by atoms with Crippen molar-refractivity contribution in [2.75, 3.05) is 23.3 Å². The lowest BCUT2D eigenvalue weighted by atomic mass is 10.00. The molecule has 7 nitrogen and oxygen atoms in total. The fraction of sp³-hybridized carbons (Fsp3) is 0.455. The second kappa shape index (κ2) is 9.01. The van der Waals surface area contributed by atoms with Crippen molar-refractivity contribution in [2.24, 2.45) is 5.14 Å². The van der Waals surface area contributed by atoms with Crippen LogP contribution in [0.4, 0.5) is 33.5 Å². The summed E-state index contributed by atoms with van der Waals surface area (Å²) in [5.74, 6) is -5.48. The Morgan fingerprint density at radius 2 is 1.91 bits per heavy atom. The number of alkyl halides is 5. The minimum Gasteiger partial charge on any atom is -0.356 e. The van der Waals surface area contributed by atoms with Gasteiger partial charge in [-0.1, -0.05) is 6.07 Å². The van der Waals surface area contributed by atoms with Gasteiger partial charge in [0.2, 0.25) is 15.9 Å². The number of sulfonamides is 1. The molecule has 13 heteroatoms. The third-order valence-electron chi connectivity index (χ3n) is 6.24. The van der Waals surface area contributed by atoms with Crippen LogP contribution < -0.4 is 15.4 Å². The minimum absolute atomic E-state index is 0.0318. The predicted molar refractivity (Wildman–Crippen MR) is 118 cm³/mol. The molecule has 35 heavy (non-hydrogen) atoms. The van der Waals surface area contributed by atoms with E-state index in [0.717, 1.165) is 12.1 Å². The molecule has 0 radical (unpaired) electrons. The van der Waals surface area contributed by atoms with Crippen LogP contribution in [0.2, 0.25) is 0 Å². The van der Waals surface area contributed by atoms with Crippen molar-refractivity contribution in [1.29, 1.82) is 0 Å². The number of carbonyl (C=O) groups excluding carboxylic acids is 1. The average molecular weight is 519 g/mol. The Labute approximate surface area is 198 Å². The number of carbonyl (C=O) groups is 1. The van der Waals surface area contributed by atoms with Crippen molar-refractivity contribution in [3.8, 4) is 0 Å². The van der Waals surface area contributed by atoms with E-state index in [9.17, 15) is 35.2 Å². The normalized spacial score (nSPS) is 20.3. The van der Waals surface area contributed by atoms with E-state index in [-0.39, 0.29) is 72.0 Å². The summed E-state index contributed by atoms with van der Waals surface area (Å²) >= 11 is 0. The number of nitrogens with one attached hydrogen (secondary N) is 1. The lowest BCUT2D eigenvalue weighted by molar-refractivity contribution is -0.149. The number of rotatable bonds is 4. The van der Waals surface area contributed by atoms with Crippen LogP contribution in [0, 0.1) is 0 Å². The number of hydrogen-bond acceptors (Lipinski definition) is 5. The maximum Gasteiger partial charge on any atom is 0.395 e. The van der Waals surface area contributed by atoms with E-state index < -0.39 is 40.4 Å². The van der Waals surface area contributed by atoms with Crippen LogP contribution in [-0.4, -0.2) is 44.5 Å². The zero-order chi connectivity index (χ0) is 25.6. The van der Waals surface area contributed by atoms with E-state index in [1.54, 1.807) is 0 Å². The van der Waals surface area contributed by atoms with Gasteiger partial charge in [-0.05, 0) is 49.1 Å². The van der Waals surface area contributed by atoms with Crippen molar-refractivity contribution in [2.45, 2.75) is 55.0 Å². The maximum absolute atomic E-state index is 13.9. The third-order valence-corrected chi connectivity index (χ3v) is 7.15. The van der Waals surface area contributed by atoms with E-state index in [1.165, 1.54) is 23.1 Å². The monoisotopic (exact) mass is 518 g/mol. The van der Waals surface area contributed by atoms with Crippen LogP contribution in [0.25, 0.3) is 0 Å². The van der Waals surface area contributed by atoms with E-state index in [4.69, 9.17) is 5.14 Å². The van der Waals surface area contributed by atoms with Gasteiger partial charge in [0.25, 0.3) is 5.91 Å². The largest absolute Gasteiger partial charge is 0.395 e. The number of aryl methyl sites for hydroxylation is 1. The van der Waals surface area contributed by atoms with Crippen molar-refractivity contribution in [3.05, 3.63) is 47.2 Å². The summed E-state index contributed by atoms with van der Waals surface area (Å²) in [5.41, 5.74) is -0.0928. The molecule has 1 aromatic carbocycles. The number of primary sulfonamides is 1. The summed E-state index contributed by atoms with van der Waals surface area (Å²) in [6.45, 7) is 0.0356. The maximum atomic E-state index is 13.9.